The molecular formula is C10H14Br2IN3. The molecule has 16 heavy (non-hydrogen) atoms. The predicted molar refractivity (Wildman–Crippen MR) is 86.3 cm³/mol. The van der Waals surface area contributed by atoms with Crippen LogP contribution in [0.25, 0.3) is 0 Å². The Kier molecular flexibility index (Phi) is 7.58. The van der Waals surface area contributed by atoms with Gasteiger partial charge < -0.3 is 10.6 Å². The van der Waals surface area contributed by atoms with Gasteiger partial charge in [-0.05, 0) is 23.8 Å². The Labute approximate surface area is 130 Å². The molecule has 0 atom stereocenters. The molecule has 6 heteroatoms. The molecule has 0 aliphatic heterocycles. The lowest BCUT2D eigenvalue weighted by Gasteiger charge is -2.10. The van der Waals surface area contributed by atoms with Gasteiger partial charge in [0.15, 0.2) is 5.96 Å². The van der Waals surface area contributed by atoms with Crippen LogP contribution in [0.15, 0.2) is 32.1 Å². The quantitative estimate of drug-likeness (QED) is 0.416. The van der Waals surface area contributed by atoms with Gasteiger partial charge in [-0.3, -0.25) is 0 Å². The molecular weight excluding hydrogens is 449 g/mol. The first-order valence-electron chi connectivity index (χ1n) is 4.42. The number of benzene rings is 1. The minimum Gasteiger partial charge on any atom is -0.370 e. The van der Waals surface area contributed by atoms with Crippen molar-refractivity contribution >= 4 is 61.8 Å². The van der Waals surface area contributed by atoms with Gasteiger partial charge in [0, 0.05) is 23.0 Å². The summed E-state index contributed by atoms with van der Waals surface area (Å²) in [7, 11) is 3.74. The number of hydrogen-bond donors (Lipinski definition) is 1. The molecule has 0 spiro atoms. The molecule has 0 amide bonds. The van der Waals surface area contributed by atoms with E-state index in [2.05, 4.69) is 36.9 Å². The summed E-state index contributed by atoms with van der Waals surface area (Å²) in [6.07, 6.45) is 0. The van der Waals surface area contributed by atoms with Crippen molar-refractivity contribution in [3.63, 3.8) is 0 Å². The monoisotopic (exact) mass is 461 g/mol. The van der Waals surface area contributed by atoms with Gasteiger partial charge in [0.2, 0.25) is 0 Å². The minimum atomic E-state index is 0. The number of nitrogens with zero attached hydrogens (tertiary/aromatic N) is 2. The van der Waals surface area contributed by atoms with Crippen LogP contribution in [0.2, 0.25) is 0 Å². The van der Waals surface area contributed by atoms with Gasteiger partial charge in [-0.25, -0.2) is 4.99 Å². The smallest absolute Gasteiger partial charge is 0.191 e. The lowest BCUT2D eigenvalue weighted by molar-refractivity contribution is 0.609. The normalized spacial score (nSPS) is 10.9. The zero-order valence-corrected chi connectivity index (χ0v) is 14.6. The zero-order valence-electron chi connectivity index (χ0n) is 9.08. The zero-order chi connectivity index (χ0) is 11.4. The summed E-state index contributed by atoms with van der Waals surface area (Å²) >= 11 is 6.89. The van der Waals surface area contributed by atoms with Crippen molar-refractivity contribution in [3.8, 4) is 0 Å². The van der Waals surface area contributed by atoms with Crippen molar-refractivity contribution in [3.05, 3.63) is 32.7 Å². The van der Waals surface area contributed by atoms with E-state index < -0.39 is 0 Å². The van der Waals surface area contributed by atoms with Crippen LogP contribution in [0.5, 0.6) is 0 Å². The fourth-order valence-corrected chi connectivity index (χ4v) is 1.75. The van der Waals surface area contributed by atoms with Crippen molar-refractivity contribution in [2.45, 2.75) is 6.54 Å². The van der Waals surface area contributed by atoms with Crippen molar-refractivity contribution in [1.29, 1.82) is 0 Å². The molecule has 0 fully saturated rings. The number of aliphatic imine (C=N–C) groups is 1. The lowest BCUT2D eigenvalue weighted by Crippen LogP contribution is -2.30. The molecule has 0 bridgehead atoms. The Morgan fingerprint density at radius 1 is 1.38 bits per heavy atom. The van der Waals surface area contributed by atoms with E-state index >= 15 is 0 Å². The fraction of sp³-hybridized carbons (Fsp3) is 0.300. The Morgan fingerprint density at radius 2 is 2.00 bits per heavy atom. The summed E-state index contributed by atoms with van der Waals surface area (Å²) in [6, 6.07) is 5.99. The summed E-state index contributed by atoms with van der Waals surface area (Å²) in [4.78, 5) is 6.05. The summed E-state index contributed by atoms with van der Waals surface area (Å²) < 4.78 is 2.08. The third kappa shape index (κ3) is 5.01. The molecule has 0 saturated carbocycles. The summed E-state index contributed by atoms with van der Waals surface area (Å²) in [5, 5.41) is 0. The third-order valence-electron chi connectivity index (χ3n) is 1.88. The second-order valence-corrected chi connectivity index (χ2v) is 5.07. The number of nitrogens with two attached hydrogens (primary N) is 1. The van der Waals surface area contributed by atoms with Gasteiger partial charge in [-0.2, -0.15) is 0 Å². The minimum absolute atomic E-state index is 0. The van der Waals surface area contributed by atoms with E-state index in [-0.39, 0.29) is 24.0 Å². The molecule has 0 unspecified atom stereocenters. The van der Waals surface area contributed by atoms with Crippen molar-refractivity contribution in [2.24, 2.45) is 10.7 Å². The first-order chi connectivity index (χ1) is 7.00. The van der Waals surface area contributed by atoms with Crippen molar-refractivity contribution in [1.82, 2.24) is 4.90 Å². The Balaban J connectivity index is 0.00000225. The van der Waals surface area contributed by atoms with E-state index in [9.17, 15) is 0 Å². The molecule has 0 aliphatic rings. The van der Waals surface area contributed by atoms with Gasteiger partial charge in [-0.15, -0.1) is 24.0 Å². The first kappa shape index (κ1) is 16.2. The first-order valence-corrected chi connectivity index (χ1v) is 6.00. The van der Waals surface area contributed by atoms with E-state index in [1.165, 1.54) is 0 Å². The molecule has 0 heterocycles. The molecule has 1 aromatic carbocycles. The van der Waals surface area contributed by atoms with Crippen LogP contribution in [0.4, 0.5) is 0 Å². The summed E-state index contributed by atoms with van der Waals surface area (Å²) in [6.45, 7) is 0.573. The van der Waals surface area contributed by atoms with Gasteiger partial charge in [0.1, 0.15) is 0 Å². The lowest BCUT2D eigenvalue weighted by atomic mass is 10.2. The van der Waals surface area contributed by atoms with Crippen molar-refractivity contribution in [2.75, 3.05) is 14.1 Å². The van der Waals surface area contributed by atoms with Gasteiger partial charge in [-0.1, -0.05) is 31.9 Å². The Bertz CT molecular complexity index is 380. The van der Waals surface area contributed by atoms with Gasteiger partial charge >= 0.3 is 0 Å². The standard InChI is InChI=1S/C10H13Br2N3.HI/c1-15(2)10(13)14-6-7-5-8(11)3-4-9(7)12;/h3-5H,6H2,1-2H3,(H2,13,14);1H. The van der Waals surface area contributed by atoms with E-state index in [4.69, 9.17) is 5.73 Å². The molecule has 0 radical (unpaired) electrons. The third-order valence-corrected chi connectivity index (χ3v) is 3.14. The fourth-order valence-electron chi connectivity index (χ4n) is 0.972. The summed E-state index contributed by atoms with van der Waals surface area (Å²) in [5.41, 5.74) is 6.81. The van der Waals surface area contributed by atoms with Crippen molar-refractivity contribution < 1.29 is 0 Å². The van der Waals surface area contributed by atoms with Crippen LogP contribution in [0.3, 0.4) is 0 Å². The van der Waals surface area contributed by atoms with E-state index in [1.54, 1.807) is 4.90 Å². The predicted octanol–water partition coefficient (Wildman–Crippen LogP) is 3.21. The molecule has 0 saturated heterocycles. The highest BCUT2D eigenvalue weighted by Gasteiger charge is 2.00. The maximum atomic E-state index is 5.70. The molecule has 1 rings (SSSR count). The van der Waals surface area contributed by atoms with E-state index in [0.717, 1.165) is 14.5 Å². The summed E-state index contributed by atoms with van der Waals surface area (Å²) in [5.74, 6) is 0.530. The number of rotatable bonds is 2. The molecule has 3 nitrogen and oxygen atoms in total. The van der Waals surface area contributed by atoms with Crippen LogP contribution in [0.1, 0.15) is 5.56 Å². The molecule has 90 valence electrons. The molecule has 0 aromatic heterocycles. The molecule has 0 aliphatic carbocycles. The number of guanidine groups is 1. The molecule has 1 aromatic rings. The largest absolute Gasteiger partial charge is 0.370 e. The average molecular weight is 463 g/mol. The average Bonchev–Trinajstić information content (AvgIpc) is 2.18. The SMILES string of the molecule is CN(C)C(N)=NCc1cc(Br)ccc1Br.I. The van der Waals surface area contributed by atoms with Gasteiger partial charge in [0.05, 0.1) is 6.54 Å². The van der Waals surface area contributed by atoms with E-state index in [0.29, 0.717) is 12.5 Å². The van der Waals surface area contributed by atoms with E-state index in [1.807, 2.05) is 32.3 Å². The van der Waals surface area contributed by atoms with Crippen LogP contribution in [0, 0.1) is 0 Å². The second kappa shape index (κ2) is 7.50. The highest BCUT2D eigenvalue weighted by Crippen LogP contribution is 2.22. The Morgan fingerprint density at radius 3 is 2.56 bits per heavy atom. The highest BCUT2D eigenvalue weighted by molar-refractivity contribution is 14.0. The van der Waals surface area contributed by atoms with Crippen LogP contribution in [-0.4, -0.2) is 25.0 Å². The van der Waals surface area contributed by atoms with Crippen LogP contribution in [-0.2, 0) is 6.54 Å². The number of hydrogen-bond acceptors (Lipinski definition) is 1. The van der Waals surface area contributed by atoms with Crippen LogP contribution >= 0.6 is 55.8 Å². The Hall–Kier alpha value is 0.180. The maximum absolute atomic E-state index is 5.70. The topological polar surface area (TPSA) is 41.6 Å². The molecule has 2 N–H and O–H groups in total. The highest BCUT2D eigenvalue weighted by atomic mass is 127. The number of halogens is 3. The van der Waals surface area contributed by atoms with Crippen LogP contribution < -0.4 is 5.73 Å². The maximum Gasteiger partial charge on any atom is 0.191 e. The second-order valence-electron chi connectivity index (χ2n) is 3.30. The van der Waals surface area contributed by atoms with Gasteiger partial charge in [0.25, 0.3) is 0 Å².